The number of amides is 2. The molecule has 0 unspecified atom stereocenters. The normalized spacial score (nSPS) is 16.3. The highest BCUT2D eigenvalue weighted by Gasteiger charge is 2.52. The zero-order valence-corrected chi connectivity index (χ0v) is 37.6. The second kappa shape index (κ2) is 20.2. The molecule has 6 aromatic rings. The second-order valence-electron chi connectivity index (χ2n) is 16.5. The monoisotopic (exact) mass is 936 g/mol. The maximum absolute atomic E-state index is 13.8. The smallest absolute Gasteiger partial charge is 0.399 e. The summed E-state index contributed by atoms with van der Waals surface area (Å²) >= 11 is 3.40. The third kappa shape index (κ3) is 10.9. The molecule has 6 aromatic heterocycles. The Labute approximate surface area is 379 Å². The van der Waals surface area contributed by atoms with E-state index >= 15 is 0 Å². The molecular weight excluding hydrogens is 888 g/mol. The molecule has 1 saturated heterocycles. The van der Waals surface area contributed by atoms with Crippen LogP contribution in [0.1, 0.15) is 63.6 Å². The van der Waals surface area contributed by atoms with Crippen molar-refractivity contribution in [3.63, 3.8) is 0 Å². The van der Waals surface area contributed by atoms with Crippen LogP contribution in [0.3, 0.4) is 0 Å². The average Bonchev–Trinajstić information content (AvgIpc) is 3.52. The van der Waals surface area contributed by atoms with Gasteiger partial charge in [-0.05, 0) is 135 Å². The van der Waals surface area contributed by atoms with E-state index in [0.29, 0.717) is 34.5 Å². The summed E-state index contributed by atoms with van der Waals surface area (Å²) in [4.78, 5) is 37.4. The van der Waals surface area contributed by atoms with Crippen LogP contribution in [0.4, 0.5) is 35.4 Å². The molecule has 64 heavy (non-hydrogen) atoms. The number of nitrogens with two attached hydrogens (primary N) is 1. The van der Waals surface area contributed by atoms with Crippen LogP contribution >= 0.6 is 15.9 Å². The fourth-order valence-electron chi connectivity index (χ4n) is 7.35. The van der Waals surface area contributed by atoms with E-state index in [-0.39, 0.29) is 17.5 Å². The second-order valence-corrected chi connectivity index (χ2v) is 17.4. The zero-order valence-electron chi connectivity index (χ0n) is 36.0. The summed E-state index contributed by atoms with van der Waals surface area (Å²) in [7, 11) is -0.682. The number of anilines is 3. The number of aryl methyl sites for hydroxylation is 3. The van der Waals surface area contributed by atoms with Crippen molar-refractivity contribution in [2.45, 2.75) is 77.4 Å². The van der Waals surface area contributed by atoms with Crippen LogP contribution in [0.5, 0.6) is 0 Å². The molecule has 1 fully saturated rings. The summed E-state index contributed by atoms with van der Waals surface area (Å²) < 4.78 is 53.5. The third-order valence-corrected chi connectivity index (χ3v) is 11.9. The van der Waals surface area contributed by atoms with Crippen LogP contribution in [0.25, 0.3) is 22.3 Å². The molecule has 4 aliphatic rings. The van der Waals surface area contributed by atoms with Crippen LogP contribution in [0.2, 0.25) is 0 Å². The number of aromatic nitrogens is 6. The first-order valence-corrected chi connectivity index (χ1v) is 21.8. The van der Waals surface area contributed by atoms with Gasteiger partial charge in [0.05, 0.1) is 11.2 Å². The number of carbonyl (C=O) groups excluding carboxylic acids is 1. The predicted octanol–water partition coefficient (Wildman–Crippen LogP) is 8.48. The topological polar surface area (TPSA) is 166 Å². The van der Waals surface area contributed by atoms with Gasteiger partial charge in [-0.25, -0.2) is 32.9 Å². The Morgan fingerprint density at radius 2 is 1.19 bits per heavy atom. The Morgan fingerprint density at radius 1 is 0.688 bits per heavy atom. The van der Waals surface area contributed by atoms with Gasteiger partial charge in [-0.2, -0.15) is 0 Å². The van der Waals surface area contributed by atoms with Crippen molar-refractivity contribution in [2.24, 2.45) is 5.73 Å². The standard InChI is InChI=1S/C14H13FN4O.C13H12FN3.C11H15BFNO2.C8H9BrN2/c15-12-3-4-17-8-11(12)10-6-9-2-1-5-19(14(16)20)13(9)18-7-10;14-12-3-5-15-8-11(12)10-6-9-2-1-4-16-13(9)17-7-10;1-10(2)11(3,4)16-12(15-10)8-7-14-6-5-9(8)13;9-7-4-6-2-1-3-10-8(6)11-5-7/h3-4,6-8H,1-2,5H2,(H2,16,20);3,5-8H,1-2,4H2,(H,16,17);5-7H,1-4H3;4-5H,1-3H2,(H,10,11). The van der Waals surface area contributed by atoms with Gasteiger partial charge in [0.25, 0.3) is 0 Å². The predicted molar refractivity (Wildman–Crippen MR) is 246 cm³/mol. The minimum atomic E-state index is -0.682. The molecule has 4 aliphatic heterocycles. The van der Waals surface area contributed by atoms with Gasteiger partial charge in [0.2, 0.25) is 0 Å². The van der Waals surface area contributed by atoms with E-state index in [2.05, 4.69) is 62.5 Å². The zero-order chi connectivity index (χ0) is 45.4. The van der Waals surface area contributed by atoms with Crippen molar-refractivity contribution in [2.75, 3.05) is 35.2 Å². The number of primary amides is 1. The number of hydrogen-bond acceptors (Lipinski definition) is 11. The van der Waals surface area contributed by atoms with E-state index in [9.17, 15) is 18.0 Å². The van der Waals surface area contributed by atoms with Crippen molar-refractivity contribution >= 4 is 52.0 Å². The molecular formula is C46H49BBrF3N10O3. The van der Waals surface area contributed by atoms with Crippen LogP contribution < -0.4 is 26.7 Å². The Balaban J connectivity index is 0.000000130. The Bertz CT molecular complexity index is 2590. The summed E-state index contributed by atoms with van der Waals surface area (Å²) in [5.74, 6) is 1.59. The number of pyridine rings is 6. The molecule has 0 aromatic carbocycles. The number of urea groups is 1. The molecule has 10 rings (SSSR count). The number of hydrogen-bond donors (Lipinski definition) is 3. The highest BCUT2D eigenvalue weighted by molar-refractivity contribution is 9.10. The lowest BCUT2D eigenvalue weighted by molar-refractivity contribution is 0.00578. The maximum Gasteiger partial charge on any atom is 0.499 e. The maximum atomic E-state index is 13.8. The molecule has 13 nitrogen and oxygen atoms in total. The Hall–Kier alpha value is -5.98. The number of carbonyl (C=O) groups is 1. The molecule has 0 spiro atoms. The highest BCUT2D eigenvalue weighted by Crippen LogP contribution is 2.37. The van der Waals surface area contributed by atoms with Crippen LogP contribution in [0, 0.1) is 17.5 Å². The lowest BCUT2D eigenvalue weighted by Crippen LogP contribution is -2.41. The van der Waals surface area contributed by atoms with Gasteiger partial charge < -0.3 is 25.7 Å². The van der Waals surface area contributed by atoms with Crippen LogP contribution in [0.15, 0.2) is 96.6 Å². The number of halogens is 4. The van der Waals surface area contributed by atoms with Crippen molar-refractivity contribution in [3.05, 3.63) is 131 Å². The van der Waals surface area contributed by atoms with Gasteiger partial charge in [-0.3, -0.25) is 19.9 Å². The highest BCUT2D eigenvalue weighted by atomic mass is 79.9. The molecule has 10 heterocycles. The fraction of sp³-hybridized carbons (Fsp3) is 0.326. The van der Waals surface area contributed by atoms with E-state index in [1.165, 1.54) is 72.3 Å². The third-order valence-electron chi connectivity index (χ3n) is 11.5. The minimum Gasteiger partial charge on any atom is -0.399 e. The fourth-order valence-corrected chi connectivity index (χ4v) is 7.73. The quantitative estimate of drug-likeness (QED) is 0.146. The molecule has 18 heteroatoms. The van der Waals surface area contributed by atoms with Gasteiger partial charge in [-0.15, -0.1) is 0 Å². The average molecular weight is 938 g/mol. The van der Waals surface area contributed by atoms with Crippen molar-refractivity contribution < 1.29 is 27.3 Å². The number of rotatable bonds is 3. The van der Waals surface area contributed by atoms with Crippen molar-refractivity contribution in [3.8, 4) is 22.3 Å². The first kappa shape index (κ1) is 46.0. The molecule has 2 amide bonds. The SMILES string of the molecule is Brc1cnc2c(c1)CCCN2.CC1(C)OB(c2cnccc2F)OC1(C)C.Fc1ccncc1-c1cnc2c(c1)CCCN2.NC(=O)N1CCCc2cc(-c3cnccc3F)cnc21. The summed E-state index contributed by atoms with van der Waals surface area (Å²) in [5, 5.41) is 6.49. The van der Waals surface area contributed by atoms with E-state index in [1.54, 1.807) is 12.4 Å². The Kier molecular flexibility index (Phi) is 14.6. The van der Waals surface area contributed by atoms with Crippen molar-refractivity contribution in [1.82, 2.24) is 29.9 Å². The van der Waals surface area contributed by atoms with Gasteiger partial charge in [0.15, 0.2) is 0 Å². The minimum absolute atomic E-state index is 0.259. The number of nitrogens with zero attached hydrogens (tertiary/aromatic N) is 7. The summed E-state index contributed by atoms with van der Waals surface area (Å²) in [6, 6.07) is 9.44. The lowest BCUT2D eigenvalue weighted by Gasteiger charge is -2.32. The van der Waals surface area contributed by atoms with Crippen molar-refractivity contribution in [1.29, 1.82) is 0 Å². The number of nitrogens with one attached hydrogen (secondary N) is 2. The molecule has 0 atom stereocenters. The van der Waals surface area contributed by atoms with E-state index in [0.717, 1.165) is 78.0 Å². The van der Waals surface area contributed by atoms with E-state index in [1.807, 2.05) is 46.0 Å². The molecule has 332 valence electrons. The Morgan fingerprint density at radius 3 is 1.75 bits per heavy atom. The molecule has 0 aliphatic carbocycles. The molecule has 0 bridgehead atoms. The summed E-state index contributed by atoms with van der Waals surface area (Å²) in [6.45, 7) is 10.3. The first-order chi connectivity index (χ1) is 30.7. The van der Waals surface area contributed by atoms with Crippen LogP contribution in [-0.4, -0.2) is 73.9 Å². The molecule has 0 radical (unpaired) electrons. The largest absolute Gasteiger partial charge is 0.499 e. The van der Waals surface area contributed by atoms with Gasteiger partial charge >= 0.3 is 13.1 Å². The van der Waals surface area contributed by atoms with Crippen LogP contribution in [-0.2, 0) is 28.6 Å². The summed E-state index contributed by atoms with van der Waals surface area (Å²) in [6.07, 6.45) is 19.8. The lowest BCUT2D eigenvalue weighted by atomic mass is 9.80. The van der Waals surface area contributed by atoms with Gasteiger partial charge in [-0.1, -0.05) is 0 Å². The summed E-state index contributed by atoms with van der Waals surface area (Å²) in [5.41, 5.74) is 10.5. The molecule has 0 saturated carbocycles. The number of fused-ring (bicyclic) bond motifs is 3. The molecule has 4 N–H and O–H groups in total. The first-order valence-electron chi connectivity index (χ1n) is 21.0. The van der Waals surface area contributed by atoms with E-state index in [4.69, 9.17) is 15.0 Å². The van der Waals surface area contributed by atoms with Gasteiger partial charge in [0.1, 0.15) is 34.9 Å². The van der Waals surface area contributed by atoms with Gasteiger partial charge in [0, 0.05) is 108 Å². The van der Waals surface area contributed by atoms with E-state index < -0.39 is 24.4 Å².